The first-order valence-corrected chi connectivity index (χ1v) is 5.51. The number of carboxylic acid groups (broad SMARTS) is 1. The van der Waals surface area contributed by atoms with E-state index in [1.54, 1.807) is 13.0 Å². The SMILES string of the molecule is CC(C(=O)O)c1cc(Cl)cc2c1CCC2. The molecule has 0 aromatic heterocycles. The fourth-order valence-corrected chi connectivity index (χ4v) is 2.47. The third kappa shape index (κ3) is 1.86. The zero-order chi connectivity index (χ0) is 11.0. The molecule has 0 spiro atoms. The maximum Gasteiger partial charge on any atom is 0.310 e. The predicted molar refractivity (Wildman–Crippen MR) is 59.5 cm³/mol. The highest BCUT2D eigenvalue weighted by Gasteiger charge is 2.22. The number of hydrogen-bond donors (Lipinski definition) is 1. The van der Waals surface area contributed by atoms with Crippen molar-refractivity contribution in [2.24, 2.45) is 0 Å². The van der Waals surface area contributed by atoms with Crippen LogP contribution in [0.25, 0.3) is 0 Å². The molecule has 0 radical (unpaired) electrons. The fraction of sp³-hybridized carbons (Fsp3) is 0.417. The van der Waals surface area contributed by atoms with Gasteiger partial charge >= 0.3 is 5.97 Å². The van der Waals surface area contributed by atoms with Gasteiger partial charge in [0.2, 0.25) is 0 Å². The van der Waals surface area contributed by atoms with Gasteiger partial charge in [-0.05, 0) is 55.0 Å². The van der Waals surface area contributed by atoms with E-state index >= 15 is 0 Å². The van der Waals surface area contributed by atoms with Crippen LogP contribution < -0.4 is 0 Å². The third-order valence-corrected chi connectivity index (χ3v) is 3.27. The van der Waals surface area contributed by atoms with Crippen LogP contribution in [0, 0.1) is 0 Å². The monoisotopic (exact) mass is 224 g/mol. The number of carboxylic acids is 1. The smallest absolute Gasteiger partial charge is 0.310 e. The maximum absolute atomic E-state index is 11.0. The molecule has 15 heavy (non-hydrogen) atoms. The highest BCUT2D eigenvalue weighted by Crippen LogP contribution is 2.33. The molecule has 0 heterocycles. The second-order valence-electron chi connectivity index (χ2n) is 4.05. The van der Waals surface area contributed by atoms with E-state index in [0.717, 1.165) is 24.8 Å². The summed E-state index contributed by atoms with van der Waals surface area (Å²) in [6.07, 6.45) is 3.11. The van der Waals surface area contributed by atoms with Crippen molar-refractivity contribution in [3.8, 4) is 0 Å². The van der Waals surface area contributed by atoms with Gasteiger partial charge in [0.05, 0.1) is 5.92 Å². The summed E-state index contributed by atoms with van der Waals surface area (Å²) in [6.45, 7) is 1.71. The summed E-state index contributed by atoms with van der Waals surface area (Å²) in [6, 6.07) is 3.76. The molecule has 1 atom stereocenters. The second kappa shape index (κ2) is 3.86. The highest BCUT2D eigenvalue weighted by molar-refractivity contribution is 6.30. The first-order valence-electron chi connectivity index (χ1n) is 5.13. The quantitative estimate of drug-likeness (QED) is 0.839. The van der Waals surface area contributed by atoms with Gasteiger partial charge < -0.3 is 5.11 Å². The third-order valence-electron chi connectivity index (χ3n) is 3.05. The summed E-state index contributed by atoms with van der Waals surface area (Å²) < 4.78 is 0. The molecular formula is C12H13ClO2. The van der Waals surface area contributed by atoms with Crippen molar-refractivity contribution >= 4 is 17.6 Å². The Morgan fingerprint density at radius 1 is 1.47 bits per heavy atom. The van der Waals surface area contributed by atoms with Crippen LogP contribution in [0.5, 0.6) is 0 Å². The van der Waals surface area contributed by atoms with Crippen LogP contribution in [0.1, 0.15) is 36.0 Å². The van der Waals surface area contributed by atoms with Gasteiger partial charge in [0.15, 0.2) is 0 Å². The van der Waals surface area contributed by atoms with Crippen LogP contribution in [-0.2, 0) is 17.6 Å². The van der Waals surface area contributed by atoms with Crippen molar-refractivity contribution in [3.05, 3.63) is 33.8 Å². The highest BCUT2D eigenvalue weighted by atomic mass is 35.5. The van der Waals surface area contributed by atoms with Crippen molar-refractivity contribution in [2.45, 2.75) is 32.1 Å². The number of carbonyl (C=O) groups is 1. The first kappa shape index (κ1) is 10.5. The van der Waals surface area contributed by atoms with Crippen LogP contribution in [-0.4, -0.2) is 11.1 Å². The van der Waals surface area contributed by atoms with Crippen molar-refractivity contribution < 1.29 is 9.90 Å². The summed E-state index contributed by atoms with van der Waals surface area (Å²) in [5.74, 6) is -1.25. The molecule has 2 rings (SSSR count). The topological polar surface area (TPSA) is 37.3 Å². The van der Waals surface area contributed by atoms with Crippen molar-refractivity contribution in [3.63, 3.8) is 0 Å². The standard InChI is InChI=1S/C12H13ClO2/c1-7(12(14)15)11-6-9(13)5-8-3-2-4-10(8)11/h5-7H,2-4H2,1H3,(H,14,15). The molecule has 0 saturated heterocycles. The zero-order valence-corrected chi connectivity index (χ0v) is 9.34. The number of benzene rings is 1. The van der Waals surface area contributed by atoms with E-state index in [-0.39, 0.29) is 0 Å². The van der Waals surface area contributed by atoms with Gasteiger partial charge in [0.1, 0.15) is 0 Å². The minimum absolute atomic E-state index is 0.462. The van der Waals surface area contributed by atoms with E-state index in [4.69, 9.17) is 16.7 Å². The van der Waals surface area contributed by atoms with Gasteiger partial charge in [-0.1, -0.05) is 11.6 Å². The Bertz CT molecular complexity index is 412. The summed E-state index contributed by atoms with van der Waals surface area (Å²) >= 11 is 5.98. The summed E-state index contributed by atoms with van der Waals surface area (Å²) in [5.41, 5.74) is 3.32. The maximum atomic E-state index is 11.0. The summed E-state index contributed by atoms with van der Waals surface area (Å²) in [5, 5.41) is 9.67. The van der Waals surface area contributed by atoms with E-state index < -0.39 is 11.9 Å². The number of fused-ring (bicyclic) bond motifs is 1. The number of aliphatic carboxylic acids is 1. The Morgan fingerprint density at radius 3 is 2.87 bits per heavy atom. The second-order valence-corrected chi connectivity index (χ2v) is 4.48. The molecule has 3 heteroatoms. The molecule has 80 valence electrons. The van der Waals surface area contributed by atoms with Crippen LogP contribution in [0.15, 0.2) is 12.1 Å². The Balaban J connectivity index is 2.51. The summed E-state index contributed by atoms with van der Waals surface area (Å²) in [7, 11) is 0. The lowest BCUT2D eigenvalue weighted by molar-refractivity contribution is -0.138. The minimum atomic E-state index is -0.786. The van der Waals surface area contributed by atoms with Gasteiger partial charge in [-0.3, -0.25) is 4.79 Å². The Morgan fingerprint density at radius 2 is 2.20 bits per heavy atom. The Labute approximate surface area is 93.9 Å². The van der Waals surface area contributed by atoms with Crippen LogP contribution in [0.4, 0.5) is 0 Å². The molecule has 0 saturated carbocycles. The zero-order valence-electron chi connectivity index (χ0n) is 8.59. The van der Waals surface area contributed by atoms with Gasteiger partial charge in [-0.25, -0.2) is 0 Å². The van der Waals surface area contributed by atoms with Crippen LogP contribution >= 0.6 is 11.6 Å². The lowest BCUT2D eigenvalue weighted by Crippen LogP contribution is -2.10. The molecule has 1 aromatic carbocycles. The molecule has 1 aliphatic rings. The van der Waals surface area contributed by atoms with E-state index in [1.807, 2.05) is 6.07 Å². The van der Waals surface area contributed by atoms with Crippen LogP contribution in [0.2, 0.25) is 5.02 Å². The number of hydrogen-bond acceptors (Lipinski definition) is 1. The molecular weight excluding hydrogens is 212 g/mol. The molecule has 0 bridgehead atoms. The molecule has 2 nitrogen and oxygen atoms in total. The number of halogens is 1. The predicted octanol–water partition coefficient (Wildman–Crippen LogP) is 3.02. The van der Waals surface area contributed by atoms with Crippen molar-refractivity contribution in [1.29, 1.82) is 0 Å². The van der Waals surface area contributed by atoms with E-state index in [0.29, 0.717) is 5.02 Å². The molecule has 1 aliphatic carbocycles. The summed E-state index contributed by atoms with van der Waals surface area (Å²) in [4.78, 5) is 11.0. The van der Waals surface area contributed by atoms with E-state index in [1.165, 1.54) is 11.1 Å². The van der Waals surface area contributed by atoms with E-state index in [2.05, 4.69) is 0 Å². The molecule has 1 unspecified atom stereocenters. The molecule has 0 amide bonds. The van der Waals surface area contributed by atoms with Gasteiger partial charge in [0.25, 0.3) is 0 Å². The molecule has 1 N–H and O–H groups in total. The normalized spacial score (nSPS) is 16.1. The lowest BCUT2D eigenvalue weighted by Gasteiger charge is -2.13. The fourth-order valence-electron chi connectivity index (χ4n) is 2.22. The van der Waals surface area contributed by atoms with Gasteiger partial charge in [-0.2, -0.15) is 0 Å². The minimum Gasteiger partial charge on any atom is -0.481 e. The van der Waals surface area contributed by atoms with Crippen molar-refractivity contribution in [1.82, 2.24) is 0 Å². The number of rotatable bonds is 2. The van der Waals surface area contributed by atoms with Crippen molar-refractivity contribution in [2.75, 3.05) is 0 Å². The lowest BCUT2D eigenvalue weighted by atomic mass is 9.93. The Hall–Kier alpha value is -1.02. The Kier molecular flexibility index (Phi) is 2.70. The van der Waals surface area contributed by atoms with E-state index in [9.17, 15) is 4.79 Å². The average molecular weight is 225 g/mol. The molecule has 1 aromatic rings. The first-order chi connectivity index (χ1) is 7.09. The number of aryl methyl sites for hydroxylation is 1. The van der Waals surface area contributed by atoms with Gasteiger partial charge in [0, 0.05) is 5.02 Å². The van der Waals surface area contributed by atoms with Gasteiger partial charge in [-0.15, -0.1) is 0 Å². The average Bonchev–Trinajstić information content (AvgIpc) is 2.62. The largest absolute Gasteiger partial charge is 0.481 e. The van der Waals surface area contributed by atoms with Crippen LogP contribution in [0.3, 0.4) is 0 Å². The molecule has 0 fully saturated rings. The molecule has 0 aliphatic heterocycles.